The number of halogens is 1. The molecule has 1 saturated heterocycles. The van der Waals surface area contributed by atoms with Gasteiger partial charge in [0.2, 0.25) is 11.8 Å². The molecule has 0 aliphatic carbocycles. The SMILES string of the molecule is NC(=O)[C@@H](Cc1ccc(I)cc1)NC(=O)[C@H]1CCCN1C(=O)OCc1ccccc1. The van der Waals surface area contributed by atoms with Crippen molar-refractivity contribution in [3.63, 3.8) is 0 Å². The van der Waals surface area contributed by atoms with Gasteiger partial charge in [0.25, 0.3) is 0 Å². The Kier molecular flexibility index (Phi) is 7.67. The second-order valence-electron chi connectivity index (χ2n) is 7.19. The number of hydrogen-bond donors (Lipinski definition) is 2. The van der Waals surface area contributed by atoms with E-state index < -0.39 is 30.0 Å². The number of ether oxygens (including phenoxy) is 1. The highest BCUT2D eigenvalue weighted by Gasteiger charge is 2.36. The fourth-order valence-corrected chi connectivity index (χ4v) is 3.77. The van der Waals surface area contributed by atoms with Crippen LogP contribution in [0.2, 0.25) is 0 Å². The second kappa shape index (κ2) is 10.4. The van der Waals surface area contributed by atoms with Gasteiger partial charge in [-0.25, -0.2) is 4.79 Å². The smallest absolute Gasteiger partial charge is 0.410 e. The molecule has 1 aliphatic heterocycles. The van der Waals surface area contributed by atoms with Gasteiger partial charge in [0.15, 0.2) is 0 Å². The number of nitrogens with zero attached hydrogens (tertiary/aromatic N) is 1. The third-order valence-corrected chi connectivity index (χ3v) is 5.73. The van der Waals surface area contributed by atoms with E-state index in [2.05, 4.69) is 27.9 Å². The van der Waals surface area contributed by atoms with Gasteiger partial charge in [0, 0.05) is 16.5 Å². The maximum Gasteiger partial charge on any atom is 0.410 e. The van der Waals surface area contributed by atoms with Crippen LogP contribution in [-0.2, 0) is 27.4 Å². The molecular weight excluding hydrogens is 497 g/mol. The maximum atomic E-state index is 12.8. The summed E-state index contributed by atoms with van der Waals surface area (Å²) in [6.07, 6.45) is 0.964. The number of amides is 3. The second-order valence-corrected chi connectivity index (χ2v) is 8.43. The molecule has 0 unspecified atom stereocenters. The standard InChI is InChI=1S/C22H24IN3O4/c23-17-10-8-15(9-11-17)13-18(20(24)27)25-21(28)19-7-4-12-26(19)22(29)30-14-16-5-2-1-3-6-16/h1-3,5-6,8-11,18-19H,4,7,12-14H2,(H2,24,27)(H,25,28)/t18-,19-/m1/s1. The minimum atomic E-state index is -0.847. The number of carbonyl (C=O) groups is 3. The summed E-state index contributed by atoms with van der Waals surface area (Å²) >= 11 is 2.20. The van der Waals surface area contributed by atoms with Crippen LogP contribution in [0.3, 0.4) is 0 Å². The van der Waals surface area contributed by atoms with Crippen molar-refractivity contribution in [2.45, 2.75) is 38.0 Å². The van der Waals surface area contributed by atoms with Crippen LogP contribution < -0.4 is 11.1 Å². The van der Waals surface area contributed by atoms with E-state index in [0.717, 1.165) is 14.7 Å². The van der Waals surface area contributed by atoms with E-state index in [9.17, 15) is 14.4 Å². The Balaban J connectivity index is 1.59. The van der Waals surface area contributed by atoms with E-state index in [4.69, 9.17) is 10.5 Å². The molecule has 8 heteroatoms. The molecule has 2 aromatic carbocycles. The van der Waals surface area contributed by atoms with E-state index in [1.165, 1.54) is 4.90 Å². The van der Waals surface area contributed by atoms with Gasteiger partial charge >= 0.3 is 6.09 Å². The third kappa shape index (κ3) is 5.94. The quantitative estimate of drug-likeness (QED) is 0.547. The fourth-order valence-electron chi connectivity index (χ4n) is 3.41. The Bertz CT molecular complexity index is 889. The molecule has 1 heterocycles. The van der Waals surface area contributed by atoms with Crippen molar-refractivity contribution in [1.29, 1.82) is 0 Å². The van der Waals surface area contributed by atoms with Crippen LogP contribution >= 0.6 is 22.6 Å². The van der Waals surface area contributed by atoms with Crippen molar-refractivity contribution in [2.24, 2.45) is 5.73 Å². The van der Waals surface area contributed by atoms with E-state index in [1.807, 2.05) is 54.6 Å². The van der Waals surface area contributed by atoms with Crippen molar-refractivity contribution < 1.29 is 19.1 Å². The van der Waals surface area contributed by atoms with Crippen LogP contribution in [0.4, 0.5) is 4.79 Å². The van der Waals surface area contributed by atoms with Gasteiger partial charge in [-0.3, -0.25) is 14.5 Å². The number of rotatable bonds is 7. The Morgan fingerprint density at radius 1 is 1.10 bits per heavy atom. The number of likely N-dealkylation sites (tertiary alicyclic amines) is 1. The zero-order valence-electron chi connectivity index (χ0n) is 16.4. The first kappa shape index (κ1) is 22.1. The predicted molar refractivity (Wildman–Crippen MR) is 120 cm³/mol. The van der Waals surface area contributed by atoms with Gasteiger partial charge in [-0.2, -0.15) is 0 Å². The molecule has 158 valence electrons. The molecule has 7 nitrogen and oxygen atoms in total. The van der Waals surface area contributed by atoms with Crippen molar-refractivity contribution in [3.05, 3.63) is 69.3 Å². The summed E-state index contributed by atoms with van der Waals surface area (Å²) in [4.78, 5) is 38.6. The minimum absolute atomic E-state index is 0.140. The largest absolute Gasteiger partial charge is 0.445 e. The summed E-state index contributed by atoms with van der Waals surface area (Å²) in [5, 5.41) is 2.72. The highest BCUT2D eigenvalue weighted by atomic mass is 127. The van der Waals surface area contributed by atoms with Crippen molar-refractivity contribution in [1.82, 2.24) is 10.2 Å². The Labute approximate surface area is 189 Å². The average molecular weight is 521 g/mol. The van der Waals surface area contributed by atoms with Gasteiger partial charge in [0.05, 0.1) is 0 Å². The molecule has 30 heavy (non-hydrogen) atoms. The van der Waals surface area contributed by atoms with E-state index in [1.54, 1.807) is 0 Å². The van der Waals surface area contributed by atoms with Crippen molar-refractivity contribution in [3.8, 4) is 0 Å². The Hall–Kier alpha value is -2.62. The Morgan fingerprint density at radius 3 is 2.47 bits per heavy atom. The van der Waals surface area contributed by atoms with Crippen LogP contribution in [0.25, 0.3) is 0 Å². The highest BCUT2D eigenvalue weighted by Crippen LogP contribution is 2.19. The molecule has 0 radical (unpaired) electrons. The maximum absolute atomic E-state index is 12.8. The molecule has 3 amide bonds. The van der Waals surface area contributed by atoms with Crippen LogP contribution in [-0.4, -0.2) is 41.4 Å². The lowest BCUT2D eigenvalue weighted by molar-refractivity contribution is -0.130. The van der Waals surface area contributed by atoms with Gasteiger partial charge in [-0.1, -0.05) is 42.5 Å². The van der Waals surface area contributed by atoms with Gasteiger partial charge in [0.1, 0.15) is 18.7 Å². The van der Waals surface area contributed by atoms with Gasteiger partial charge in [-0.15, -0.1) is 0 Å². The molecule has 0 bridgehead atoms. The first-order valence-electron chi connectivity index (χ1n) is 9.75. The first-order valence-corrected chi connectivity index (χ1v) is 10.8. The van der Waals surface area contributed by atoms with Crippen LogP contribution in [0.15, 0.2) is 54.6 Å². The number of primary amides is 1. The Morgan fingerprint density at radius 2 is 1.80 bits per heavy atom. The monoisotopic (exact) mass is 521 g/mol. The molecule has 2 aromatic rings. The van der Waals surface area contributed by atoms with Gasteiger partial charge in [-0.05, 0) is 58.7 Å². The van der Waals surface area contributed by atoms with Crippen LogP contribution in [0.5, 0.6) is 0 Å². The first-order chi connectivity index (χ1) is 14.4. The summed E-state index contributed by atoms with van der Waals surface area (Å²) in [7, 11) is 0. The summed E-state index contributed by atoms with van der Waals surface area (Å²) in [5.74, 6) is -1.00. The summed E-state index contributed by atoms with van der Waals surface area (Å²) < 4.78 is 6.44. The molecule has 1 fully saturated rings. The molecule has 0 spiro atoms. The lowest BCUT2D eigenvalue weighted by Crippen LogP contribution is -2.53. The lowest BCUT2D eigenvalue weighted by Gasteiger charge is -2.25. The predicted octanol–water partition coefficient (Wildman–Crippen LogP) is 2.60. The molecule has 2 atom stereocenters. The van der Waals surface area contributed by atoms with Crippen LogP contribution in [0.1, 0.15) is 24.0 Å². The van der Waals surface area contributed by atoms with E-state index in [0.29, 0.717) is 25.8 Å². The highest BCUT2D eigenvalue weighted by molar-refractivity contribution is 14.1. The average Bonchev–Trinajstić information content (AvgIpc) is 3.24. The zero-order valence-corrected chi connectivity index (χ0v) is 18.6. The molecule has 0 saturated carbocycles. The molecule has 3 rings (SSSR count). The van der Waals surface area contributed by atoms with Crippen molar-refractivity contribution in [2.75, 3.05) is 6.54 Å². The normalized spacial score (nSPS) is 16.7. The number of hydrogen-bond acceptors (Lipinski definition) is 4. The lowest BCUT2D eigenvalue weighted by atomic mass is 10.0. The summed E-state index contributed by atoms with van der Waals surface area (Å²) in [6, 6.07) is 15.5. The minimum Gasteiger partial charge on any atom is -0.445 e. The van der Waals surface area contributed by atoms with Gasteiger partial charge < -0.3 is 15.8 Å². The van der Waals surface area contributed by atoms with E-state index in [-0.39, 0.29) is 6.61 Å². The fraction of sp³-hybridized carbons (Fsp3) is 0.318. The number of benzene rings is 2. The number of nitrogens with one attached hydrogen (secondary N) is 1. The number of nitrogens with two attached hydrogens (primary N) is 1. The summed E-state index contributed by atoms with van der Waals surface area (Å²) in [6.45, 7) is 0.575. The number of carbonyl (C=O) groups excluding carboxylic acids is 3. The summed E-state index contributed by atoms with van der Waals surface area (Å²) in [5.41, 5.74) is 7.27. The van der Waals surface area contributed by atoms with E-state index >= 15 is 0 Å². The third-order valence-electron chi connectivity index (χ3n) is 5.01. The molecule has 0 aromatic heterocycles. The molecule has 1 aliphatic rings. The molecular formula is C22H24IN3O4. The van der Waals surface area contributed by atoms with Crippen molar-refractivity contribution >= 4 is 40.5 Å². The van der Waals surface area contributed by atoms with Crippen LogP contribution in [0, 0.1) is 3.57 Å². The molecule has 3 N–H and O–H groups in total. The topological polar surface area (TPSA) is 102 Å². The zero-order chi connectivity index (χ0) is 21.5.